The Kier molecular flexibility index (Phi) is 3.53. The molecule has 6 heteroatoms. The first-order valence-electron chi connectivity index (χ1n) is 6.07. The van der Waals surface area contributed by atoms with Crippen LogP contribution in [-0.2, 0) is 0 Å². The number of hydrogen-bond acceptors (Lipinski definition) is 4. The predicted octanol–water partition coefficient (Wildman–Crippen LogP) is 3.86. The average Bonchev–Trinajstić information content (AvgIpc) is 2.98. The number of carboxylic acids is 1. The standard InChI is InChI=1S/C15H9BrN2O3/c16-12-6-4-9(5-7-12)14-17-13(18-21-14)10-2-1-3-11(8-10)15(19)20/h1-8H,(H,19,20). The van der Waals surface area contributed by atoms with Gasteiger partial charge in [-0.1, -0.05) is 33.2 Å². The number of carbonyl (C=O) groups is 1. The number of benzene rings is 2. The van der Waals surface area contributed by atoms with Crippen molar-refractivity contribution in [3.8, 4) is 22.8 Å². The van der Waals surface area contributed by atoms with E-state index in [2.05, 4.69) is 26.1 Å². The molecular weight excluding hydrogens is 336 g/mol. The summed E-state index contributed by atoms with van der Waals surface area (Å²) < 4.78 is 6.18. The minimum atomic E-state index is -0.992. The SMILES string of the molecule is O=C(O)c1cccc(-c2noc(-c3ccc(Br)cc3)n2)c1. The van der Waals surface area contributed by atoms with Crippen LogP contribution in [0.1, 0.15) is 10.4 Å². The van der Waals surface area contributed by atoms with Crippen LogP contribution in [0.25, 0.3) is 22.8 Å². The maximum atomic E-state index is 11.0. The topological polar surface area (TPSA) is 76.2 Å². The maximum Gasteiger partial charge on any atom is 0.335 e. The fraction of sp³-hybridized carbons (Fsp3) is 0. The molecule has 0 spiro atoms. The summed E-state index contributed by atoms with van der Waals surface area (Å²) in [5.74, 6) is -0.247. The largest absolute Gasteiger partial charge is 0.478 e. The zero-order valence-electron chi connectivity index (χ0n) is 10.7. The fourth-order valence-electron chi connectivity index (χ4n) is 1.84. The lowest BCUT2D eigenvalue weighted by atomic mass is 10.1. The van der Waals surface area contributed by atoms with E-state index in [0.717, 1.165) is 10.0 Å². The van der Waals surface area contributed by atoms with E-state index in [4.69, 9.17) is 9.63 Å². The Morgan fingerprint density at radius 1 is 1.10 bits per heavy atom. The molecule has 3 rings (SSSR count). The van der Waals surface area contributed by atoms with Crippen molar-refractivity contribution in [1.29, 1.82) is 0 Å². The Bertz CT molecular complexity index is 797. The van der Waals surface area contributed by atoms with E-state index in [-0.39, 0.29) is 5.56 Å². The van der Waals surface area contributed by atoms with E-state index < -0.39 is 5.97 Å². The van der Waals surface area contributed by atoms with Gasteiger partial charge in [-0.25, -0.2) is 4.79 Å². The summed E-state index contributed by atoms with van der Waals surface area (Å²) in [7, 11) is 0. The van der Waals surface area contributed by atoms with Crippen LogP contribution in [0.4, 0.5) is 0 Å². The van der Waals surface area contributed by atoms with Gasteiger partial charge in [-0.2, -0.15) is 4.98 Å². The van der Waals surface area contributed by atoms with Gasteiger partial charge in [0, 0.05) is 15.6 Å². The molecule has 0 atom stereocenters. The van der Waals surface area contributed by atoms with Crippen LogP contribution in [0.2, 0.25) is 0 Å². The second-order valence-electron chi connectivity index (χ2n) is 4.32. The first-order chi connectivity index (χ1) is 10.1. The molecule has 5 nitrogen and oxygen atoms in total. The van der Waals surface area contributed by atoms with Crippen molar-refractivity contribution in [1.82, 2.24) is 10.1 Å². The smallest absolute Gasteiger partial charge is 0.335 e. The molecule has 0 amide bonds. The number of carboxylic acid groups (broad SMARTS) is 1. The number of aromatic carboxylic acids is 1. The number of hydrogen-bond donors (Lipinski definition) is 1. The van der Waals surface area contributed by atoms with E-state index >= 15 is 0 Å². The van der Waals surface area contributed by atoms with Gasteiger partial charge in [-0.05, 0) is 36.4 Å². The highest BCUT2D eigenvalue weighted by atomic mass is 79.9. The minimum Gasteiger partial charge on any atom is -0.478 e. The Hall–Kier alpha value is -2.47. The van der Waals surface area contributed by atoms with Crippen LogP contribution in [0.15, 0.2) is 57.5 Å². The van der Waals surface area contributed by atoms with Gasteiger partial charge in [-0.15, -0.1) is 0 Å². The van der Waals surface area contributed by atoms with Gasteiger partial charge in [0.25, 0.3) is 5.89 Å². The van der Waals surface area contributed by atoms with Crippen molar-refractivity contribution >= 4 is 21.9 Å². The lowest BCUT2D eigenvalue weighted by Crippen LogP contribution is -1.96. The number of aromatic nitrogens is 2. The van der Waals surface area contributed by atoms with Gasteiger partial charge >= 0.3 is 5.97 Å². The third kappa shape index (κ3) is 2.85. The van der Waals surface area contributed by atoms with Crippen LogP contribution < -0.4 is 0 Å². The fourth-order valence-corrected chi connectivity index (χ4v) is 2.11. The second-order valence-corrected chi connectivity index (χ2v) is 5.23. The van der Waals surface area contributed by atoms with Gasteiger partial charge in [0.15, 0.2) is 0 Å². The molecule has 1 N–H and O–H groups in total. The molecule has 0 saturated heterocycles. The highest BCUT2D eigenvalue weighted by molar-refractivity contribution is 9.10. The Morgan fingerprint density at radius 2 is 1.86 bits per heavy atom. The monoisotopic (exact) mass is 344 g/mol. The van der Waals surface area contributed by atoms with E-state index in [0.29, 0.717) is 17.3 Å². The molecule has 0 bridgehead atoms. The molecule has 0 saturated carbocycles. The quantitative estimate of drug-likeness (QED) is 0.780. The third-order valence-electron chi connectivity index (χ3n) is 2.88. The second kappa shape index (κ2) is 5.49. The van der Waals surface area contributed by atoms with Gasteiger partial charge in [0.05, 0.1) is 5.56 Å². The molecule has 0 aliphatic carbocycles. The normalized spacial score (nSPS) is 10.5. The maximum absolute atomic E-state index is 11.0. The molecule has 0 fully saturated rings. The lowest BCUT2D eigenvalue weighted by molar-refractivity contribution is 0.0697. The van der Waals surface area contributed by atoms with Gasteiger partial charge in [0.2, 0.25) is 5.82 Å². The third-order valence-corrected chi connectivity index (χ3v) is 3.41. The highest BCUT2D eigenvalue weighted by Gasteiger charge is 2.12. The van der Waals surface area contributed by atoms with Gasteiger partial charge in [0.1, 0.15) is 0 Å². The number of nitrogens with zero attached hydrogens (tertiary/aromatic N) is 2. The zero-order chi connectivity index (χ0) is 14.8. The molecule has 21 heavy (non-hydrogen) atoms. The van der Waals surface area contributed by atoms with Crippen LogP contribution >= 0.6 is 15.9 Å². The van der Waals surface area contributed by atoms with Crippen LogP contribution in [-0.4, -0.2) is 21.2 Å². The first kappa shape index (κ1) is 13.5. The Morgan fingerprint density at radius 3 is 2.57 bits per heavy atom. The summed E-state index contributed by atoms with van der Waals surface area (Å²) in [5.41, 5.74) is 1.58. The van der Waals surface area contributed by atoms with Crippen molar-refractivity contribution in [2.75, 3.05) is 0 Å². The van der Waals surface area contributed by atoms with Crippen LogP contribution in [0.5, 0.6) is 0 Å². The zero-order valence-corrected chi connectivity index (χ0v) is 12.2. The summed E-state index contributed by atoms with van der Waals surface area (Å²) in [5, 5.41) is 12.9. The molecule has 0 aliphatic rings. The van der Waals surface area contributed by atoms with E-state index in [1.807, 2.05) is 24.3 Å². The average molecular weight is 345 g/mol. The first-order valence-corrected chi connectivity index (χ1v) is 6.86. The Labute approximate surface area is 128 Å². The molecule has 0 radical (unpaired) electrons. The van der Waals surface area contributed by atoms with E-state index in [1.54, 1.807) is 12.1 Å². The number of halogens is 1. The van der Waals surface area contributed by atoms with Crippen molar-refractivity contribution in [3.63, 3.8) is 0 Å². The number of rotatable bonds is 3. The lowest BCUT2D eigenvalue weighted by Gasteiger charge is -1.97. The van der Waals surface area contributed by atoms with Crippen LogP contribution in [0, 0.1) is 0 Å². The molecule has 2 aromatic carbocycles. The molecule has 104 valence electrons. The van der Waals surface area contributed by atoms with Crippen molar-refractivity contribution in [2.24, 2.45) is 0 Å². The van der Waals surface area contributed by atoms with Gasteiger partial charge < -0.3 is 9.63 Å². The predicted molar refractivity (Wildman–Crippen MR) is 79.8 cm³/mol. The summed E-state index contributed by atoms with van der Waals surface area (Å²) in [6.07, 6.45) is 0. The van der Waals surface area contributed by atoms with E-state index in [9.17, 15) is 4.79 Å². The van der Waals surface area contributed by atoms with Gasteiger partial charge in [-0.3, -0.25) is 0 Å². The van der Waals surface area contributed by atoms with Crippen molar-refractivity contribution in [3.05, 3.63) is 58.6 Å². The molecule has 0 unspecified atom stereocenters. The molecular formula is C15H9BrN2O3. The Balaban J connectivity index is 1.96. The summed E-state index contributed by atoms with van der Waals surface area (Å²) >= 11 is 3.36. The molecule has 1 heterocycles. The minimum absolute atomic E-state index is 0.183. The molecule has 1 aromatic heterocycles. The summed E-state index contributed by atoms with van der Waals surface area (Å²) in [4.78, 5) is 15.3. The molecule has 3 aromatic rings. The summed E-state index contributed by atoms with van der Waals surface area (Å²) in [6, 6.07) is 13.9. The van der Waals surface area contributed by atoms with Crippen molar-refractivity contribution in [2.45, 2.75) is 0 Å². The van der Waals surface area contributed by atoms with Crippen molar-refractivity contribution < 1.29 is 14.4 Å². The molecule has 0 aliphatic heterocycles. The van der Waals surface area contributed by atoms with Crippen LogP contribution in [0.3, 0.4) is 0 Å². The summed E-state index contributed by atoms with van der Waals surface area (Å²) in [6.45, 7) is 0. The van der Waals surface area contributed by atoms with E-state index in [1.165, 1.54) is 12.1 Å². The highest BCUT2D eigenvalue weighted by Crippen LogP contribution is 2.24.